The van der Waals surface area contributed by atoms with Crippen molar-refractivity contribution in [1.82, 2.24) is 30.1 Å². The molecule has 0 radical (unpaired) electrons. The summed E-state index contributed by atoms with van der Waals surface area (Å²) in [5, 5.41) is 14.6. The molecule has 8 nitrogen and oxygen atoms in total. The highest BCUT2D eigenvalue weighted by molar-refractivity contribution is 6.30. The monoisotopic (exact) mass is 519 g/mol. The van der Waals surface area contributed by atoms with Crippen molar-refractivity contribution in [2.75, 3.05) is 31.1 Å². The standard InChI is InChI=1S/C28H34ClN7O/c1-17-7-9-20-15-22(27(37)30-24(20)19(17)3)25(26-31-32-33-36(26)28(4,5)6)35-13-11-34(12-14-35)23-16-21(29)10-8-18(23)2/h7-10,15-16,25H,11-14H2,1-6H3,(H,30,37). The molecule has 37 heavy (non-hydrogen) atoms. The second kappa shape index (κ2) is 9.58. The van der Waals surface area contributed by atoms with Gasteiger partial charge in [-0.1, -0.05) is 29.8 Å². The van der Waals surface area contributed by atoms with Crippen molar-refractivity contribution in [3.8, 4) is 0 Å². The first-order valence-corrected chi connectivity index (χ1v) is 13.1. The Morgan fingerprint density at radius 1 is 0.973 bits per heavy atom. The highest BCUT2D eigenvalue weighted by Crippen LogP contribution is 2.32. The van der Waals surface area contributed by atoms with Gasteiger partial charge in [-0.3, -0.25) is 9.69 Å². The number of benzene rings is 2. The number of nitrogens with one attached hydrogen (secondary N) is 1. The normalized spacial score (nSPS) is 15.9. The van der Waals surface area contributed by atoms with Crippen LogP contribution in [0.2, 0.25) is 5.02 Å². The number of aromatic nitrogens is 5. The Balaban J connectivity index is 1.57. The maximum Gasteiger partial charge on any atom is 0.253 e. The number of piperazine rings is 1. The molecule has 0 spiro atoms. The van der Waals surface area contributed by atoms with E-state index in [2.05, 4.69) is 83.1 Å². The van der Waals surface area contributed by atoms with Gasteiger partial charge in [0.2, 0.25) is 0 Å². The lowest BCUT2D eigenvalue weighted by Gasteiger charge is -2.40. The second-order valence-corrected chi connectivity index (χ2v) is 11.4. The van der Waals surface area contributed by atoms with Crippen LogP contribution in [0.1, 0.15) is 54.9 Å². The Morgan fingerprint density at radius 3 is 2.38 bits per heavy atom. The number of aromatic amines is 1. The minimum atomic E-state index is -0.383. The summed E-state index contributed by atoms with van der Waals surface area (Å²) in [6.45, 7) is 15.5. The third-order valence-corrected chi connectivity index (χ3v) is 7.67. The van der Waals surface area contributed by atoms with Crippen LogP contribution in [0.25, 0.3) is 10.9 Å². The lowest BCUT2D eigenvalue weighted by molar-refractivity contribution is 0.190. The zero-order chi connectivity index (χ0) is 26.5. The minimum Gasteiger partial charge on any atom is -0.369 e. The first-order chi connectivity index (χ1) is 17.5. The molecule has 0 amide bonds. The first-order valence-electron chi connectivity index (χ1n) is 12.7. The van der Waals surface area contributed by atoms with Crippen molar-refractivity contribution < 1.29 is 0 Å². The van der Waals surface area contributed by atoms with Gasteiger partial charge in [-0.05, 0) is 92.2 Å². The zero-order valence-corrected chi connectivity index (χ0v) is 23.1. The van der Waals surface area contributed by atoms with Crippen molar-refractivity contribution in [3.63, 3.8) is 0 Å². The van der Waals surface area contributed by atoms with E-state index in [4.69, 9.17) is 11.6 Å². The number of aryl methyl sites for hydroxylation is 3. The van der Waals surface area contributed by atoms with Gasteiger partial charge < -0.3 is 9.88 Å². The number of rotatable bonds is 4. The quantitative estimate of drug-likeness (QED) is 0.418. The summed E-state index contributed by atoms with van der Waals surface area (Å²) in [5.74, 6) is 0.675. The fourth-order valence-corrected chi connectivity index (χ4v) is 5.40. The zero-order valence-electron chi connectivity index (χ0n) is 22.3. The van der Waals surface area contributed by atoms with Crippen molar-refractivity contribution in [2.45, 2.75) is 53.1 Å². The van der Waals surface area contributed by atoms with Crippen LogP contribution >= 0.6 is 11.6 Å². The molecule has 1 fully saturated rings. The smallest absolute Gasteiger partial charge is 0.253 e. The van der Waals surface area contributed by atoms with Gasteiger partial charge >= 0.3 is 0 Å². The van der Waals surface area contributed by atoms with Gasteiger partial charge in [0, 0.05) is 42.5 Å². The molecule has 0 aliphatic carbocycles. The average molecular weight is 520 g/mol. The summed E-state index contributed by atoms with van der Waals surface area (Å²) in [6, 6.07) is 11.8. The van der Waals surface area contributed by atoms with Crippen molar-refractivity contribution in [3.05, 3.63) is 79.9 Å². The second-order valence-electron chi connectivity index (χ2n) is 11.0. The summed E-state index contributed by atoms with van der Waals surface area (Å²) < 4.78 is 1.84. The molecule has 0 bridgehead atoms. The predicted octanol–water partition coefficient (Wildman–Crippen LogP) is 4.76. The number of hydrogen-bond acceptors (Lipinski definition) is 6. The summed E-state index contributed by atoms with van der Waals surface area (Å²) >= 11 is 6.31. The molecular formula is C28H34ClN7O. The number of hydrogen-bond donors (Lipinski definition) is 1. The molecule has 9 heteroatoms. The van der Waals surface area contributed by atoms with E-state index in [1.165, 1.54) is 5.56 Å². The van der Waals surface area contributed by atoms with E-state index < -0.39 is 0 Å². The molecule has 4 aromatic rings. The Kier molecular flexibility index (Phi) is 6.58. The lowest BCUT2D eigenvalue weighted by Crippen LogP contribution is -2.49. The van der Waals surface area contributed by atoms with Gasteiger partial charge in [-0.15, -0.1) is 5.10 Å². The van der Waals surface area contributed by atoms with E-state index in [0.717, 1.165) is 58.9 Å². The third-order valence-electron chi connectivity index (χ3n) is 7.44. The summed E-state index contributed by atoms with van der Waals surface area (Å²) in [5.41, 5.74) is 5.67. The molecule has 1 atom stereocenters. The van der Waals surface area contributed by atoms with Crippen LogP contribution in [0.4, 0.5) is 5.69 Å². The van der Waals surface area contributed by atoms with E-state index >= 15 is 0 Å². The number of nitrogens with zero attached hydrogens (tertiary/aromatic N) is 6. The number of anilines is 1. The SMILES string of the molecule is Cc1ccc(Cl)cc1N1CCN(C(c2cc3ccc(C)c(C)c3[nH]c2=O)c2nnnn2C(C)(C)C)CC1. The number of pyridine rings is 1. The first kappa shape index (κ1) is 25.4. The van der Waals surface area contributed by atoms with Crippen LogP contribution < -0.4 is 10.5 Å². The van der Waals surface area contributed by atoms with Crippen molar-refractivity contribution >= 4 is 28.2 Å². The van der Waals surface area contributed by atoms with E-state index in [1.807, 2.05) is 29.8 Å². The Bertz CT molecular complexity index is 1510. The van der Waals surface area contributed by atoms with E-state index in [-0.39, 0.29) is 17.1 Å². The fraction of sp³-hybridized carbons (Fsp3) is 0.429. The summed E-state index contributed by atoms with van der Waals surface area (Å²) in [7, 11) is 0. The molecule has 1 saturated heterocycles. The number of H-pyrrole nitrogens is 1. The largest absolute Gasteiger partial charge is 0.369 e. The minimum absolute atomic E-state index is 0.109. The van der Waals surface area contributed by atoms with Crippen molar-refractivity contribution in [1.29, 1.82) is 0 Å². The topological polar surface area (TPSA) is 82.9 Å². The Hall–Kier alpha value is -3.23. The molecule has 2 aromatic carbocycles. The highest BCUT2D eigenvalue weighted by atomic mass is 35.5. The van der Waals surface area contributed by atoms with E-state index in [9.17, 15) is 4.79 Å². The Labute approximate surface area is 222 Å². The van der Waals surface area contributed by atoms with Gasteiger partial charge in [0.1, 0.15) is 6.04 Å². The maximum absolute atomic E-state index is 13.6. The average Bonchev–Trinajstić information content (AvgIpc) is 3.35. The van der Waals surface area contributed by atoms with Gasteiger partial charge in [-0.25, -0.2) is 4.68 Å². The molecule has 3 heterocycles. The van der Waals surface area contributed by atoms with Gasteiger partial charge in [0.25, 0.3) is 5.56 Å². The van der Waals surface area contributed by atoms with Crippen LogP contribution in [0.5, 0.6) is 0 Å². The highest BCUT2D eigenvalue weighted by Gasteiger charge is 2.35. The summed E-state index contributed by atoms with van der Waals surface area (Å²) in [4.78, 5) is 21.5. The summed E-state index contributed by atoms with van der Waals surface area (Å²) in [6.07, 6.45) is 0. The molecule has 0 saturated carbocycles. The van der Waals surface area contributed by atoms with E-state index in [0.29, 0.717) is 11.4 Å². The van der Waals surface area contributed by atoms with E-state index in [1.54, 1.807) is 0 Å². The van der Waals surface area contributed by atoms with Crippen LogP contribution in [0.3, 0.4) is 0 Å². The van der Waals surface area contributed by atoms with Crippen LogP contribution in [-0.4, -0.2) is 56.3 Å². The van der Waals surface area contributed by atoms with Gasteiger partial charge in [0.15, 0.2) is 5.82 Å². The molecule has 5 rings (SSSR count). The van der Waals surface area contributed by atoms with Gasteiger partial charge in [0.05, 0.1) is 11.1 Å². The Morgan fingerprint density at radius 2 is 1.68 bits per heavy atom. The van der Waals surface area contributed by atoms with Gasteiger partial charge in [-0.2, -0.15) is 0 Å². The molecule has 194 valence electrons. The molecule has 1 aliphatic rings. The van der Waals surface area contributed by atoms with Crippen molar-refractivity contribution in [2.24, 2.45) is 0 Å². The van der Waals surface area contributed by atoms with Crippen LogP contribution in [-0.2, 0) is 5.54 Å². The molecule has 2 aromatic heterocycles. The number of fused-ring (bicyclic) bond motifs is 1. The third kappa shape index (κ3) is 4.76. The predicted molar refractivity (Wildman–Crippen MR) is 149 cm³/mol. The lowest BCUT2D eigenvalue weighted by atomic mass is 9.99. The van der Waals surface area contributed by atoms with Crippen LogP contribution in [0.15, 0.2) is 41.2 Å². The maximum atomic E-state index is 13.6. The molecule has 1 unspecified atom stereocenters. The van der Waals surface area contributed by atoms with Crippen LogP contribution in [0, 0.1) is 20.8 Å². The molecule has 1 N–H and O–H groups in total. The number of tetrazole rings is 1. The molecule has 1 aliphatic heterocycles. The molecular weight excluding hydrogens is 486 g/mol. The number of halogens is 1. The fourth-order valence-electron chi connectivity index (χ4n) is 5.23.